The van der Waals surface area contributed by atoms with Crippen LogP contribution in [0.25, 0.3) is 0 Å². The fraction of sp³-hybridized carbons (Fsp3) is 0.333. The minimum absolute atomic E-state index is 0.0592. The summed E-state index contributed by atoms with van der Waals surface area (Å²) in [6, 6.07) is 12.6. The van der Waals surface area contributed by atoms with E-state index in [4.69, 9.17) is 27.9 Å². The first kappa shape index (κ1) is 22.4. The Bertz CT molecular complexity index is 886. The maximum atomic E-state index is 12.3. The molecular formula is C21H24Cl2N4O3. The van der Waals surface area contributed by atoms with Crippen molar-refractivity contribution in [2.75, 3.05) is 62.0 Å². The molecule has 0 radical (unpaired) electrons. The van der Waals surface area contributed by atoms with Gasteiger partial charge in [-0.25, -0.2) is 0 Å². The van der Waals surface area contributed by atoms with Crippen LogP contribution in [-0.2, 0) is 14.3 Å². The van der Waals surface area contributed by atoms with Crippen molar-refractivity contribution in [2.24, 2.45) is 0 Å². The Morgan fingerprint density at radius 1 is 0.933 bits per heavy atom. The highest BCUT2D eigenvalue weighted by molar-refractivity contribution is 6.42. The van der Waals surface area contributed by atoms with Crippen molar-refractivity contribution >= 4 is 52.1 Å². The third-order valence-corrected chi connectivity index (χ3v) is 5.30. The van der Waals surface area contributed by atoms with E-state index in [1.165, 1.54) is 0 Å². The van der Waals surface area contributed by atoms with Crippen molar-refractivity contribution in [3.8, 4) is 0 Å². The number of hydrogen-bond donors (Lipinski definition) is 2. The van der Waals surface area contributed by atoms with Crippen LogP contribution in [-0.4, -0.2) is 63.2 Å². The van der Waals surface area contributed by atoms with Gasteiger partial charge in [-0.1, -0.05) is 23.2 Å². The van der Waals surface area contributed by atoms with Crippen LogP contribution in [0.2, 0.25) is 10.0 Å². The van der Waals surface area contributed by atoms with Crippen LogP contribution in [0.1, 0.15) is 0 Å². The number of rotatable bonds is 7. The lowest BCUT2D eigenvalue weighted by atomic mass is 10.2. The molecule has 0 spiro atoms. The van der Waals surface area contributed by atoms with Gasteiger partial charge < -0.3 is 20.3 Å². The Balaban J connectivity index is 1.44. The Morgan fingerprint density at radius 2 is 1.50 bits per heavy atom. The molecule has 9 heteroatoms. The molecule has 2 aromatic carbocycles. The number of amides is 2. The highest BCUT2D eigenvalue weighted by Crippen LogP contribution is 2.25. The smallest absolute Gasteiger partial charge is 0.238 e. The van der Waals surface area contributed by atoms with E-state index in [1.54, 1.807) is 30.1 Å². The molecular weight excluding hydrogens is 427 g/mol. The van der Waals surface area contributed by atoms with E-state index >= 15 is 0 Å². The van der Waals surface area contributed by atoms with E-state index in [0.717, 1.165) is 32.0 Å². The molecule has 2 amide bonds. The van der Waals surface area contributed by atoms with Crippen molar-refractivity contribution in [2.45, 2.75) is 0 Å². The summed E-state index contributed by atoms with van der Waals surface area (Å²) in [7, 11) is 1.70. The van der Waals surface area contributed by atoms with E-state index in [1.807, 2.05) is 24.3 Å². The average molecular weight is 451 g/mol. The lowest BCUT2D eigenvalue weighted by molar-refractivity contribution is -0.119. The molecule has 1 heterocycles. The number of carbonyl (C=O) groups is 2. The fourth-order valence-corrected chi connectivity index (χ4v) is 3.40. The normalized spacial score (nSPS) is 13.9. The summed E-state index contributed by atoms with van der Waals surface area (Å²) < 4.78 is 5.36. The zero-order valence-corrected chi connectivity index (χ0v) is 18.2. The first-order valence-corrected chi connectivity index (χ1v) is 10.3. The molecule has 7 nitrogen and oxygen atoms in total. The van der Waals surface area contributed by atoms with Crippen LogP contribution < -0.4 is 15.5 Å². The van der Waals surface area contributed by atoms with Gasteiger partial charge in [-0.2, -0.15) is 0 Å². The SMILES string of the molecule is CN(CC(=O)Nc1ccc(N2CCOCC2)cc1)CC(=O)Nc1ccc(Cl)c(Cl)c1. The van der Waals surface area contributed by atoms with Crippen molar-refractivity contribution in [1.29, 1.82) is 0 Å². The van der Waals surface area contributed by atoms with Gasteiger partial charge in [0.05, 0.1) is 36.3 Å². The molecule has 1 aliphatic rings. The number of nitrogens with zero attached hydrogens (tertiary/aromatic N) is 2. The highest BCUT2D eigenvalue weighted by Gasteiger charge is 2.13. The Morgan fingerprint density at radius 3 is 2.10 bits per heavy atom. The van der Waals surface area contributed by atoms with Gasteiger partial charge in [-0.15, -0.1) is 0 Å². The predicted molar refractivity (Wildman–Crippen MR) is 121 cm³/mol. The number of halogens is 2. The summed E-state index contributed by atoms with van der Waals surface area (Å²) in [5.41, 5.74) is 2.37. The monoisotopic (exact) mass is 450 g/mol. The van der Waals surface area contributed by atoms with Crippen LogP contribution in [0.3, 0.4) is 0 Å². The number of anilines is 3. The Labute approximate surface area is 185 Å². The summed E-state index contributed by atoms with van der Waals surface area (Å²) in [4.78, 5) is 28.3. The molecule has 0 aliphatic carbocycles. The van der Waals surface area contributed by atoms with Crippen LogP contribution in [0.15, 0.2) is 42.5 Å². The second kappa shape index (κ2) is 10.6. The third-order valence-electron chi connectivity index (χ3n) is 4.56. The number of likely N-dealkylation sites (N-methyl/N-ethyl adjacent to an activating group) is 1. The second-order valence-corrected chi connectivity index (χ2v) is 7.86. The average Bonchev–Trinajstić information content (AvgIpc) is 2.71. The van der Waals surface area contributed by atoms with Gasteiger partial charge in [-0.05, 0) is 49.5 Å². The molecule has 2 N–H and O–H groups in total. The summed E-state index contributed by atoms with van der Waals surface area (Å²) >= 11 is 11.8. The third kappa shape index (κ3) is 6.60. The van der Waals surface area contributed by atoms with Crippen molar-refractivity contribution < 1.29 is 14.3 Å². The zero-order chi connectivity index (χ0) is 21.5. The van der Waals surface area contributed by atoms with Crippen LogP contribution in [0.5, 0.6) is 0 Å². The minimum atomic E-state index is -0.251. The second-order valence-electron chi connectivity index (χ2n) is 7.04. The summed E-state index contributed by atoms with van der Waals surface area (Å²) in [5.74, 6) is -0.447. The van der Waals surface area contributed by atoms with E-state index in [-0.39, 0.29) is 24.9 Å². The molecule has 2 aromatic rings. The molecule has 0 saturated carbocycles. The molecule has 0 aromatic heterocycles. The van der Waals surface area contributed by atoms with Crippen LogP contribution >= 0.6 is 23.2 Å². The number of morpholine rings is 1. The van der Waals surface area contributed by atoms with Gasteiger partial charge in [0, 0.05) is 30.2 Å². The minimum Gasteiger partial charge on any atom is -0.378 e. The zero-order valence-electron chi connectivity index (χ0n) is 16.7. The topological polar surface area (TPSA) is 73.9 Å². The maximum absolute atomic E-state index is 12.3. The molecule has 1 aliphatic heterocycles. The molecule has 30 heavy (non-hydrogen) atoms. The maximum Gasteiger partial charge on any atom is 0.238 e. The number of nitrogens with one attached hydrogen (secondary N) is 2. The van der Waals surface area contributed by atoms with E-state index in [2.05, 4.69) is 15.5 Å². The largest absolute Gasteiger partial charge is 0.378 e. The molecule has 1 fully saturated rings. The number of ether oxygens (including phenoxy) is 1. The number of carbonyl (C=O) groups excluding carboxylic acids is 2. The van der Waals surface area contributed by atoms with Gasteiger partial charge in [0.15, 0.2) is 0 Å². The predicted octanol–water partition coefficient (Wildman–Crippen LogP) is 3.34. The summed E-state index contributed by atoms with van der Waals surface area (Å²) in [6.45, 7) is 3.32. The van der Waals surface area contributed by atoms with Crippen LogP contribution in [0.4, 0.5) is 17.1 Å². The summed E-state index contributed by atoms with van der Waals surface area (Å²) in [6.07, 6.45) is 0. The lowest BCUT2D eigenvalue weighted by Gasteiger charge is -2.28. The first-order chi connectivity index (χ1) is 14.4. The van der Waals surface area contributed by atoms with Gasteiger partial charge >= 0.3 is 0 Å². The van der Waals surface area contributed by atoms with Crippen molar-refractivity contribution in [1.82, 2.24) is 4.90 Å². The molecule has 1 saturated heterocycles. The summed E-state index contributed by atoms with van der Waals surface area (Å²) in [5, 5.41) is 6.37. The van der Waals surface area contributed by atoms with Gasteiger partial charge in [-0.3, -0.25) is 14.5 Å². The van der Waals surface area contributed by atoms with E-state index < -0.39 is 0 Å². The van der Waals surface area contributed by atoms with Crippen molar-refractivity contribution in [3.05, 3.63) is 52.5 Å². The van der Waals surface area contributed by atoms with Gasteiger partial charge in [0.2, 0.25) is 11.8 Å². The molecule has 0 bridgehead atoms. The highest BCUT2D eigenvalue weighted by atomic mass is 35.5. The number of hydrogen-bond acceptors (Lipinski definition) is 5. The van der Waals surface area contributed by atoms with Crippen molar-refractivity contribution in [3.63, 3.8) is 0 Å². The molecule has 0 atom stereocenters. The molecule has 0 unspecified atom stereocenters. The molecule has 160 valence electrons. The quantitative estimate of drug-likeness (QED) is 0.676. The Kier molecular flexibility index (Phi) is 7.93. The Hall–Kier alpha value is -2.32. The van der Waals surface area contributed by atoms with Gasteiger partial charge in [0.25, 0.3) is 0 Å². The fourth-order valence-electron chi connectivity index (χ4n) is 3.10. The lowest BCUT2D eigenvalue weighted by Crippen LogP contribution is -2.36. The van der Waals surface area contributed by atoms with Gasteiger partial charge in [0.1, 0.15) is 0 Å². The van der Waals surface area contributed by atoms with Crippen LogP contribution in [0, 0.1) is 0 Å². The first-order valence-electron chi connectivity index (χ1n) is 9.57. The van der Waals surface area contributed by atoms with E-state index in [9.17, 15) is 9.59 Å². The standard InChI is InChI=1S/C21H24Cl2N4O3/c1-26(14-21(29)25-16-4-7-18(22)19(23)12-16)13-20(28)24-15-2-5-17(6-3-15)27-8-10-30-11-9-27/h2-7,12H,8-11,13-14H2,1H3,(H,24,28)(H,25,29). The van der Waals surface area contributed by atoms with E-state index in [0.29, 0.717) is 21.4 Å². The molecule has 3 rings (SSSR count). The number of benzene rings is 2.